The summed E-state index contributed by atoms with van der Waals surface area (Å²) in [6, 6.07) is -7.45. The predicted molar refractivity (Wildman–Crippen MR) is 369 cm³/mol. The second-order valence-electron chi connectivity index (χ2n) is 25.9. The number of thioether (sulfide) groups is 1. The second kappa shape index (κ2) is 42.1. The SMILES string of the molecule is CCC(C)C(N)C1=NCC(C(=O)N[C@@H](CC(C)C)C(=O)N[C@H](CCC(=O)O)C(=O)N[C@H](C(=O)N[C@H]2CCCCNC(=O)C(CC(N)=O)NC(=O)[C@@H](CC(=O)O)NC(=O)[C@H](Cc3cnc[nH]3)NC(=O)C(Cc3ccccc3)NC(=O)[C@H]([C@@H](C)CC)NC(=O)C(CCCN)NC2=O)C(C)CC)S1. The molecule has 1 aromatic heterocycles. The molecule has 15 atom stereocenters. The van der Waals surface area contributed by atoms with E-state index in [1.54, 1.807) is 58.0 Å². The average Bonchev–Trinajstić information content (AvgIpc) is 1.28. The zero-order valence-corrected chi connectivity index (χ0v) is 59.0. The summed E-state index contributed by atoms with van der Waals surface area (Å²) in [5.41, 5.74) is 18.7. The van der Waals surface area contributed by atoms with Gasteiger partial charge < -0.3 is 90.9 Å². The van der Waals surface area contributed by atoms with Crippen molar-refractivity contribution in [2.75, 3.05) is 19.6 Å². The molecule has 2 aliphatic rings. The van der Waals surface area contributed by atoms with Crippen molar-refractivity contribution in [3.05, 3.63) is 54.1 Å². The van der Waals surface area contributed by atoms with Gasteiger partial charge in [0.2, 0.25) is 70.9 Å². The highest BCUT2D eigenvalue weighted by molar-refractivity contribution is 8.15. The Hall–Kier alpha value is -9.05. The first kappa shape index (κ1) is 83.4. The molecule has 0 saturated carbocycles. The number of nitrogens with one attached hydrogen (secondary N) is 12. The van der Waals surface area contributed by atoms with Gasteiger partial charge in [-0.05, 0) is 80.7 Å². The van der Waals surface area contributed by atoms with Crippen LogP contribution in [0.2, 0.25) is 0 Å². The molecule has 0 bridgehead atoms. The Morgan fingerprint density at radius 1 is 0.660 bits per heavy atom. The van der Waals surface area contributed by atoms with Crippen LogP contribution in [0.4, 0.5) is 0 Å². The maximum atomic E-state index is 14.9. The molecule has 7 unspecified atom stereocenters. The normalized spacial score (nSPS) is 23.1. The van der Waals surface area contributed by atoms with Crippen molar-refractivity contribution >= 4 is 99.6 Å². The van der Waals surface area contributed by atoms with Crippen molar-refractivity contribution in [1.29, 1.82) is 0 Å². The zero-order valence-electron chi connectivity index (χ0n) is 58.2. The number of imidazole rings is 1. The molecule has 554 valence electrons. The van der Waals surface area contributed by atoms with Crippen molar-refractivity contribution in [3.63, 3.8) is 0 Å². The molecule has 1 fully saturated rings. The monoisotopic (exact) mass is 1420 g/mol. The smallest absolute Gasteiger partial charge is 0.305 e. The van der Waals surface area contributed by atoms with Crippen LogP contribution < -0.4 is 75.7 Å². The Labute approximate surface area is 586 Å². The van der Waals surface area contributed by atoms with Gasteiger partial charge in [0.15, 0.2) is 0 Å². The number of rotatable bonds is 31. The summed E-state index contributed by atoms with van der Waals surface area (Å²) < 4.78 is 0. The molecular formula is C66H103N17O16S. The summed E-state index contributed by atoms with van der Waals surface area (Å²) in [7, 11) is 0. The number of H-pyrrole nitrogens is 1. The molecule has 0 spiro atoms. The number of carboxylic acid groups (broad SMARTS) is 2. The molecule has 100 heavy (non-hydrogen) atoms. The Bertz CT molecular complexity index is 3160. The Kier molecular flexibility index (Phi) is 35.1. The van der Waals surface area contributed by atoms with E-state index in [1.165, 1.54) is 24.3 Å². The number of carbonyl (C=O) groups is 14. The first-order chi connectivity index (χ1) is 47.4. The minimum Gasteiger partial charge on any atom is -0.481 e. The third-order valence-corrected chi connectivity index (χ3v) is 18.8. The molecule has 1 saturated heterocycles. The molecule has 12 amide bonds. The van der Waals surface area contributed by atoms with Crippen LogP contribution >= 0.6 is 11.8 Å². The van der Waals surface area contributed by atoms with E-state index < -0.39 is 192 Å². The van der Waals surface area contributed by atoms with Crippen molar-refractivity contribution in [1.82, 2.24) is 68.5 Å². The lowest BCUT2D eigenvalue weighted by Crippen LogP contribution is -2.62. The summed E-state index contributed by atoms with van der Waals surface area (Å²) in [6.07, 6.45) is 0.386. The molecule has 3 heterocycles. The van der Waals surface area contributed by atoms with Crippen LogP contribution in [0.25, 0.3) is 0 Å². The third kappa shape index (κ3) is 27.6. The van der Waals surface area contributed by atoms with Crippen LogP contribution in [0.5, 0.6) is 0 Å². The predicted octanol–water partition coefficient (Wildman–Crippen LogP) is -1.68. The van der Waals surface area contributed by atoms with Gasteiger partial charge in [-0.15, -0.1) is 0 Å². The number of aromatic amines is 1. The van der Waals surface area contributed by atoms with Gasteiger partial charge in [0, 0.05) is 37.7 Å². The first-order valence-electron chi connectivity index (χ1n) is 34.1. The topological polar surface area (TPSA) is 531 Å². The zero-order chi connectivity index (χ0) is 74.3. The number of hydrogen-bond donors (Lipinski definition) is 17. The van der Waals surface area contributed by atoms with Crippen molar-refractivity contribution in [2.24, 2.45) is 45.9 Å². The van der Waals surface area contributed by atoms with Crippen LogP contribution in [0, 0.1) is 23.7 Å². The van der Waals surface area contributed by atoms with Gasteiger partial charge in [0.1, 0.15) is 65.7 Å². The molecule has 20 N–H and O–H groups in total. The van der Waals surface area contributed by atoms with Gasteiger partial charge in [-0.3, -0.25) is 72.1 Å². The second-order valence-corrected chi connectivity index (χ2v) is 27.2. The number of hydrogen-bond acceptors (Lipinski definition) is 19. The number of nitrogens with two attached hydrogens (primary N) is 3. The quantitative estimate of drug-likeness (QED) is 0.0401. The Morgan fingerprint density at radius 3 is 1.85 bits per heavy atom. The van der Waals surface area contributed by atoms with Gasteiger partial charge in [0.25, 0.3) is 0 Å². The minimum absolute atomic E-state index is 0.00169. The Morgan fingerprint density at radius 2 is 1.26 bits per heavy atom. The fraction of sp³-hybridized carbons (Fsp3) is 0.636. The third-order valence-electron chi connectivity index (χ3n) is 17.5. The standard InChI is InChI=1S/C66H103N17O16S/c1-9-35(6)52(69)66-72-32-48(100-66)63(97)80-43(26-34(4)5)59(93)75-42(22-23-50(85)86)58(92)83-53(36(7)10-2)64(98)76-40-20-15-16-25-71-55(89)46(29-49(68)84)78-62(96)47(30-51(87)88)79-61(95)45(28-39-31-70-33-73-39)77-60(94)44(27-38-18-13-12-14-19-38)81-65(99)54(37(8)11-3)82-57(91)41(21-17-24-67)74-56(40)90/h12-14,18-19,31,33-37,40-48,52-54H,9-11,15-17,20-30,32,67,69H2,1-8H3,(H2,68,84)(H,70,73)(H,71,89)(H,74,90)(H,75,93)(H,76,98)(H,77,94)(H,78,96)(H,79,95)(H,80,97)(H,81,99)(H,82,91)(H,83,92)(H,85,86)(H,87,88)/t35?,36?,37-,40-,41?,42+,43-,44?,45-,46?,47+,48?,52?,53-,54-/m0/s1. The number of nitrogens with zero attached hydrogens (tertiary/aromatic N) is 2. The van der Waals surface area contributed by atoms with Gasteiger partial charge >= 0.3 is 11.9 Å². The highest BCUT2D eigenvalue weighted by atomic mass is 32.2. The number of aromatic nitrogens is 2. The number of aliphatic carboxylic acids is 2. The van der Waals surface area contributed by atoms with Gasteiger partial charge in [-0.25, -0.2) is 4.98 Å². The number of primary amides is 1. The van der Waals surface area contributed by atoms with Crippen LogP contribution in [0.1, 0.15) is 150 Å². The lowest BCUT2D eigenvalue weighted by molar-refractivity contribution is -0.142. The molecule has 1 aromatic carbocycles. The van der Waals surface area contributed by atoms with Crippen LogP contribution in [-0.2, 0) is 80.0 Å². The molecule has 2 aromatic rings. The van der Waals surface area contributed by atoms with Gasteiger partial charge in [-0.1, -0.05) is 117 Å². The maximum Gasteiger partial charge on any atom is 0.305 e. The van der Waals surface area contributed by atoms with E-state index in [1.807, 2.05) is 27.7 Å². The van der Waals surface area contributed by atoms with E-state index in [0.29, 0.717) is 16.3 Å². The van der Waals surface area contributed by atoms with Crippen LogP contribution in [0.3, 0.4) is 0 Å². The molecule has 33 nitrogen and oxygen atoms in total. The fourth-order valence-corrected chi connectivity index (χ4v) is 12.0. The lowest BCUT2D eigenvalue weighted by atomic mass is 9.96. The molecule has 34 heteroatoms. The number of amides is 12. The summed E-state index contributed by atoms with van der Waals surface area (Å²) in [6.45, 7) is 14.2. The summed E-state index contributed by atoms with van der Waals surface area (Å²) >= 11 is 1.20. The van der Waals surface area contributed by atoms with Gasteiger partial charge in [-0.2, -0.15) is 0 Å². The fourth-order valence-electron chi connectivity index (χ4n) is 10.9. The summed E-state index contributed by atoms with van der Waals surface area (Å²) in [5, 5.41) is 48.4. The first-order valence-corrected chi connectivity index (χ1v) is 35.0. The molecule has 2 aliphatic heterocycles. The molecule has 0 aliphatic carbocycles. The van der Waals surface area contributed by atoms with E-state index in [2.05, 4.69) is 73.4 Å². The summed E-state index contributed by atoms with van der Waals surface area (Å²) in [4.78, 5) is 207. The minimum atomic E-state index is -1.94. The number of aliphatic imine (C=N–C) groups is 1. The van der Waals surface area contributed by atoms with E-state index in [4.69, 9.17) is 17.2 Å². The lowest BCUT2D eigenvalue weighted by Gasteiger charge is -2.30. The van der Waals surface area contributed by atoms with Crippen LogP contribution in [-0.4, -0.2) is 199 Å². The van der Waals surface area contributed by atoms with Crippen molar-refractivity contribution in [2.45, 2.75) is 223 Å². The molecular weight excluding hydrogens is 1320 g/mol. The Balaban J connectivity index is 1.76. The highest BCUT2D eigenvalue weighted by Gasteiger charge is 2.40. The molecule has 0 radical (unpaired) electrons. The summed E-state index contributed by atoms with van der Waals surface area (Å²) in [5.74, 6) is -15.6. The van der Waals surface area contributed by atoms with E-state index in [-0.39, 0.29) is 95.7 Å². The number of carbonyl (C=O) groups excluding carboxylic acids is 12. The van der Waals surface area contributed by atoms with E-state index in [9.17, 15) is 77.3 Å². The molecule has 4 rings (SSSR count). The van der Waals surface area contributed by atoms with Crippen molar-refractivity contribution < 1.29 is 77.3 Å². The van der Waals surface area contributed by atoms with E-state index >= 15 is 0 Å². The largest absolute Gasteiger partial charge is 0.481 e. The maximum absolute atomic E-state index is 14.9. The van der Waals surface area contributed by atoms with Crippen molar-refractivity contribution in [3.8, 4) is 0 Å². The average molecular weight is 1420 g/mol. The van der Waals surface area contributed by atoms with Crippen LogP contribution in [0.15, 0.2) is 47.8 Å². The number of carboxylic acids is 2. The highest BCUT2D eigenvalue weighted by Crippen LogP contribution is 2.27. The van der Waals surface area contributed by atoms with Gasteiger partial charge in [0.05, 0.1) is 36.8 Å². The van der Waals surface area contributed by atoms with E-state index in [0.717, 1.165) is 6.42 Å². The number of benzene rings is 1.